The van der Waals surface area contributed by atoms with Crippen molar-refractivity contribution >= 4 is 0 Å². The third-order valence-electron chi connectivity index (χ3n) is 3.59. The summed E-state index contributed by atoms with van der Waals surface area (Å²) >= 11 is 0. The van der Waals surface area contributed by atoms with Crippen LogP contribution < -0.4 is 14.8 Å². The van der Waals surface area contributed by atoms with Crippen molar-refractivity contribution in [3.63, 3.8) is 0 Å². The smallest absolute Gasteiger partial charge is 0.161 e. The quantitative estimate of drug-likeness (QED) is 0.799. The molecule has 1 unspecified atom stereocenters. The van der Waals surface area contributed by atoms with Crippen molar-refractivity contribution in [3.05, 3.63) is 23.8 Å². The maximum atomic E-state index is 5.92. The van der Waals surface area contributed by atoms with Crippen molar-refractivity contribution in [2.75, 3.05) is 26.4 Å². The first kappa shape index (κ1) is 16.1. The van der Waals surface area contributed by atoms with Gasteiger partial charge in [-0.25, -0.2) is 0 Å². The van der Waals surface area contributed by atoms with Gasteiger partial charge in [-0.1, -0.05) is 13.0 Å². The summed E-state index contributed by atoms with van der Waals surface area (Å²) in [5.74, 6) is 1.63. The average molecular weight is 293 g/mol. The molecule has 1 saturated heterocycles. The molecule has 0 radical (unpaired) electrons. The average Bonchev–Trinajstić information content (AvgIpc) is 2.53. The van der Waals surface area contributed by atoms with E-state index in [1.807, 2.05) is 13.0 Å². The Kier molecular flexibility index (Phi) is 6.83. The van der Waals surface area contributed by atoms with Gasteiger partial charge in [0.15, 0.2) is 11.5 Å². The minimum absolute atomic E-state index is 0.217. The Balaban J connectivity index is 1.95. The summed E-state index contributed by atoms with van der Waals surface area (Å²) in [7, 11) is 0. The van der Waals surface area contributed by atoms with Crippen molar-refractivity contribution in [1.82, 2.24) is 5.32 Å². The van der Waals surface area contributed by atoms with Gasteiger partial charge in [0.05, 0.1) is 12.7 Å². The predicted octanol–water partition coefficient (Wildman–Crippen LogP) is 3.14. The molecule has 4 nitrogen and oxygen atoms in total. The molecule has 0 saturated carbocycles. The zero-order valence-corrected chi connectivity index (χ0v) is 13.2. The molecule has 2 rings (SSSR count). The summed E-state index contributed by atoms with van der Waals surface area (Å²) in [6.45, 7) is 8.00. The Hall–Kier alpha value is -1.26. The van der Waals surface area contributed by atoms with E-state index in [9.17, 15) is 0 Å². The van der Waals surface area contributed by atoms with Crippen molar-refractivity contribution < 1.29 is 14.2 Å². The van der Waals surface area contributed by atoms with Gasteiger partial charge >= 0.3 is 0 Å². The van der Waals surface area contributed by atoms with Crippen LogP contribution in [0.2, 0.25) is 0 Å². The van der Waals surface area contributed by atoms with Gasteiger partial charge in [0.1, 0.15) is 6.61 Å². The molecule has 0 aromatic heterocycles. The molecule has 21 heavy (non-hydrogen) atoms. The van der Waals surface area contributed by atoms with E-state index < -0.39 is 0 Å². The number of nitrogens with one attached hydrogen (secondary N) is 1. The summed E-state index contributed by atoms with van der Waals surface area (Å²) in [5, 5.41) is 3.32. The zero-order chi connectivity index (χ0) is 14.9. The third-order valence-corrected chi connectivity index (χ3v) is 3.59. The maximum Gasteiger partial charge on any atom is 0.161 e. The van der Waals surface area contributed by atoms with E-state index in [4.69, 9.17) is 14.2 Å². The molecule has 1 atom stereocenters. The molecule has 1 aromatic rings. The fourth-order valence-electron chi connectivity index (χ4n) is 2.44. The summed E-state index contributed by atoms with van der Waals surface area (Å²) in [4.78, 5) is 0. The summed E-state index contributed by atoms with van der Waals surface area (Å²) in [6, 6.07) is 6.14. The van der Waals surface area contributed by atoms with Gasteiger partial charge in [-0.05, 0) is 50.4 Å². The lowest BCUT2D eigenvalue weighted by Gasteiger charge is -2.23. The Morgan fingerprint density at radius 3 is 2.81 bits per heavy atom. The zero-order valence-electron chi connectivity index (χ0n) is 13.2. The highest BCUT2D eigenvalue weighted by Gasteiger charge is 2.15. The summed E-state index contributed by atoms with van der Waals surface area (Å²) < 4.78 is 17.3. The van der Waals surface area contributed by atoms with E-state index in [1.54, 1.807) is 0 Å². The molecule has 1 aromatic carbocycles. The van der Waals surface area contributed by atoms with Crippen LogP contribution in [-0.4, -0.2) is 32.5 Å². The largest absolute Gasteiger partial charge is 0.490 e. The molecule has 1 heterocycles. The standard InChI is InChI=1S/C17H27NO3/c1-3-18-12-14-8-9-16(17(11-14)19-4-2)21-13-15-7-5-6-10-20-15/h8-9,11,15,18H,3-7,10,12-13H2,1-2H3. The molecule has 1 aliphatic heterocycles. The highest BCUT2D eigenvalue weighted by molar-refractivity contribution is 5.43. The predicted molar refractivity (Wildman–Crippen MR) is 84.1 cm³/mol. The molecular formula is C17H27NO3. The first-order chi connectivity index (χ1) is 10.3. The van der Waals surface area contributed by atoms with E-state index >= 15 is 0 Å². The fourth-order valence-corrected chi connectivity index (χ4v) is 2.44. The van der Waals surface area contributed by atoms with E-state index in [0.29, 0.717) is 13.2 Å². The van der Waals surface area contributed by atoms with Gasteiger partial charge in [-0.3, -0.25) is 0 Å². The van der Waals surface area contributed by atoms with Crippen LogP contribution in [0.1, 0.15) is 38.7 Å². The van der Waals surface area contributed by atoms with E-state index in [2.05, 4.69) is 24.4 Å². The van der Waals surface area contributed by atoms with Crippen LogP contribution in [0, 0.1) is 0 Å². The SMILES string of the molecule is CCNCc1ccc(OCC2CCCCO2)c(OCC)c1. The first-order valence-electron chi connectivity index (χ1n) is 8.04. The normalized spacial score (nSPS) is 18.5. The monoisotopic (exact) mass is 293 g/mol. The highest BCUT2D eigenvalue weighted by atomic mass is 16.5. The minimum atomic E-state index is 0.217. The number of ether oxygens (including phenoxy) is 3. The second-order valence-corrected chi connectivity index (χ2v) is 5.29. The minimum Gasteiger partial charge on any atom is -0.490 e. The molecule has 1 aliphatic rings. The summed E-state index contributed by atoms with van der Waals surface area (Å²) in [5.41, 5.74) is 1.21. The number of hydrogen-bond donors (Lipinski definition) is 1. The van der Waals surface area contributed by atoms with Crippen molar-refractivity contribution in [2.45, 2.75) is 45.8 Å². The van der Waals surface area contributed by atoms with Crippen LogP contribution in [0.4, 0.5) is 0 Å². The van der Waals surface area contributed by atoms with Crippen molar-refractivity contribution in [3.8, 4) is 11.5 Å². The molecule has 118 valence electrons. The Morgan fingerprint density at radius 2 is 2.10 bits per heavy atom. The topological polar surface area (TPSA) is 39.7 Å². The van der Waals surface area contributed by atoms with Crippen molar-refractivity contribution in [1.29, 1.82) is 0 Å². The van der Waals surface area contributed by atoms with Crippen LogP contribution in [0.15, 0.2) is 18.2 Å². The molecular weight excluding hydrogens is 266 g/mol. The van der Waals surface area contributed by atoms with E-state index in [0.717, 1.165) is 37.6 Å². The van der Waals surface area contributed by atoms with Gasteiger partial charge in [0.25, 0.3) is 0 Å². The fraction of sp³-hybridized carbons (Fsp3) is 0.647. The van der Waals surface area contributed by atoms with Crippen LogP contribution in [0.5, 0.6) is 11.5 Å². The van der Waals surface area contributed by atoms with E-state index in [1.165, 1.54) is 18.4 Å². The first-order valence-corrected chi connectivity index (χ1v) is 8.04. The Bertz CT molecular complexity index is 416. The second-order valence-electron chi connectivity index (χ2n) is 5.29. The number of hydrogen-bond acceptors (Lipinski definition) is 4. The van der Waals surface area contributed by atoms with Crippen molar-refractivity contribution in [2.24, 2.45) is 0 Å². The molecule has 4 heteroatoms. The lowest BCUT2D eigenvalue weighted by Crippen LogP contribution is -2.25. The maximum absolute atomic E-state index is 5.92. The third kappa shape index (κ3) is 5.21. The van der Waals surface area contributed by atoms with Crippen LogP contribution >= 0.6 is 0 Å². The van der Waals surface area contributed by atoms with Gasteiger partial charge in [0, 0.05) is 13.2 Å². The summed E-state index contributed by atoms with van der Waals surface area (Å²) in [6.07, 6.45) is 3.70. The lowest BCUT2D eigenvalue weighted by atomic mass is 10.1. The van der Waals surface area contributed by atoms with Gasteiger partial charge in [-0.15, -0.1) is 0 Å². The molecule has 0 spiro atoms. The van der Waals surface area contributed by atoms with Crippen LogP contribution in [-0.2, 0) is 11.3 Å². The highest BCUT2D eigenvalue weighted by Crippen LogP contribution is 2.29. The molecule has 1 fully saturated rings. The number of rotatable bonds is 8. The molecule has 0 amide bonds. The Labute approximate surface area is 127 Å². The molecule has 0 aliphatic carbocycles. The molecule has 0 bridgehead atoms. The van der Waals surface area contributed by atoms with Gasteiger partial charge < -0.3 is 19.5 Å². The van der Waals surface area contributed by atoms with Gasteiger partial charge in [-0.2, -0.15) is 0 Å². The van der Waals surface area contributed by atoms with Crippen LogP contribution in [0.3, 0.4) is 0 Å². The lowest BCUT2D eigenvalue weighted by molar-refractivity contribution is -0.0115. The van der Waals surface area contributed by atoms with Crippen LogP contribution in [0.25, 0.3) is 0 Å². The van der Waals surface area contributed by atoms with Gasteiger partial charge in [0.2, 0.25) is 0 Å². The second kappa shape index (κ2) is 8.90. The Morgan fingerprint density at radius 1 is 1.19 bits per heavy atom. The van der Waals surface area contributed by atoms with E-state index in [-0.39, 0.29) is 6.10 Å². The molecule has 1 N–H and O–H groups in total. The number of benzene rings is 1.